The lowest BCUT2D eigenvalue weighted by atomic mass is 9.80. The average molecular weight is 940 g/mol. The number of hydrogen-bond donors (Lipinski definition) is 1. The molecule has 3 aliphatic rings. The second-order valence-electron chi connectivity index (χ2n) is 20.9. The van der Waals surface area contributed by atoms with Crippen molar-refractivity contribution < 1.29 is 19.2 Å². The smallest absolute Gasteiger partial charge is 0.263 e. The topological polar surface area (TPSA) is 107 Å². The van der Waals surface area contributed by atoms with Crippen molar-refractivity contribution in [1.29, 1.82) is 0 Å². The minimum Gasteiger partial charge on any atom is -0.371 e. The summed E-state index contributed by atoms with van der Waals surface area (Å²) in [7, 11) is 0. The Morgan fingerprint density at radius 1 is 0.500 bits per heavy atom. The van der Waals surface area contributed by atoms with Crippen LogP contribution < -0.4 is 4.90 Å². The minimum atomic E-state index is -0.246. The Labute approximate surface area is 414 Å². The second kappa shape index (κ2) is 20.9. The van der Waals surface area contributed by atoms with Crippen LogP contribution in [0.15, 0.2) is 60.7 Å². The number of nitrogens with zero attached hydrogens (tertiary/aromatic N) is 4. The monoisotopic (exact) mass is 940 g/mol. The highest BCUT2D eigenvalue weighted by Crippen LogP contribution is 2.52. The van der Waals surface area contributed by atoms with Crippen LogP contribution in [0.2, 0.25) is 0 Å². The summed E-state index contributed by atoms with van der Waals surface area (Å²) in [5.41, 5.74) is 5.30. The summed E-state index contributed by atoms with van der Waals surface area (Å²) in [5, 5.41) is 6.62. The SMILES string of the molecule is CCCCCCC(CCCCCC)N1C(=O)c2ccc3c4cc(N5CCCC5)c5c6c(c7[nH]c(-c8ccccc8)nc7c(c7ccc(c2c37)C1=O)c64)C(=O)N(C(CCCCCC)CCCCCC)C5=O. The molecule has 7 aromatic rings. The summed E-state index contributed by atoms with van der Waals surface area (Å²) in [6.07, 6.45) is 22.5. The molecule has 0 aliphatic carbocycles. The molecule has 1 aromatic heterocycles. The van der Waals surface area contributed by atoms with E-state index in [0.29, 0.717) is 49.9 Å². The van der Waals surface area contributed by atoms with Gasteiger partial charge in [0.1, 0.15) is 5.82 Å². The molecule has 0 atom stereocenters. The van der Waals surface area contributed by atoms with Crippen molar-refractivity contribution in [3.05, 3.63) is 82.9 Å². The van der Waals surface area contributed by atoms with Gasteiger partial charge in [-0.05, 0) is 78.3 Å². The Hall–Kier alpha value is -5.83. The molecular weight excluding hydrogens is 867 g/mol. The van der Waals surface area contributed by atoms with Crippen LogP contribution in [0.25, 0.3) is 65.5 Å². The number of carbonyl (C=O) groups is 4. The Morgan fingerprint density at radius 3 is 1.56 bits per heavy atom. The number of nitrogens with one attached hydrogen (secondary N) is 1. The number of benzene rings is 6. The molecule has 0 unspecified atom stereocenters. The van der Waals surface area contributed by atoms with Gasteiger partial charge in [0, 0.05) is 63.4 Å². The summed E-state index contributed by atoms with van der Waals surface area (Å²) < 4.78 is 0. The van der Waals surface area contributed by atoms with Crippen LogP contribution in [-0.4, -0.2) is 68.6 Å². The molecule has 0 spiro atoms. The molecule has 4 heterocycles. The Morgan fingerprint density at radius 2 is 1.01 bits per heavy atom. The zero-order valence-electron chi connectivity index (χ0n) is 42.3. The van der Waals surface area contributed by atoms with Gasteiger partial charge in [-0.3, -0.25) is 29.0 Å². The van der Waals surface area contributed by atoms with E-state index in [1.807, 2.05) is 42.5 Å². The van der Waals surface area contributed by atoms with Gasteiger partial charge in [0.2, 0.25) is 0 Å². The van der Waals surface area contributed by atoms with Gasteiger partial charge in [0.15, 0.2) is 0 Å². The predicted octanol–water partition coefficient (Wildman–Crippen LogP) is 15.7. The van der Waals surface area contributed by atoms with E-state index in [1.165, 1.54) is 0 Å². The molecule has 1 fully saturated rings. The Bertz CT molecular complexity index is 3030. The normalized spacial score (nSPS) is 15.2. The van der Waals surface area contributed by atoms with E-state index in [-0.39, 0.29) is 35.7 Å². The Balaban J connectivity index is 1.23. The molecule has 9 nitrogen and oxygen atoms in total. The van der Waals surface area contributed by atoms with Gasteiger partial charge in [0.25, 0.3) is 23.6 Å². The molecule has 6 aromatic carbocycles. The molecule has 0 bridgehead atoms. The minimum absolute atomic E-state index is 0.161. The van der Waals surface area contributed by atoms with E-state index >= 15 is 19.2 Å². The molecule has 0 radical (unpaired) electrons. The van der Waals surface area contributed by atoms with Crippen molar-refractivity contribution in [2.75, 3.05) is 18.0 Å². The molecule has 0 saturated carbocycles. The first-order valence-corrected chi connectivity index (χ1v) is 27.6. The lowest BCUT2D eigenvalue weighted by molar-refractivity contribution is 0.0502. The van der Waals surface area contributed by atoms with Gasteiger partial charge in [-0.15, -0.1) is 0 Å². The highest BCUT2D eigenvalue weighted by Gasteiger charge is 2.44. The Kier molecular flexibility index (Phi) is 14.3. The van der Waals surface area contributed by atoms with E-state index < -0.39 is 0 Å². The largest absolute Gasteiger partial charge is 0.371 e. The fourth-order valence-electron chi connectivity index (χ4n) is 12.7. The maximum atomic E-state index is 15.8. The third kappa shape index (κ3) is 8.32. The number of amides is 4. The van der Waals surface area contributed by atoms with E-state index in [4.69, 9.17) is 4.98 Å². The molecular formula is C61H73N5O4. The van der Waals surface area contributed by atoms with Crippen LogP contribution in [0.1, 0.15) is 210 Å². The quantitative estimate of drug-likeness (QED) is 0.0280. The summed E-state index contributed by atoms with van der Waals surface area (Å²) in [6, 6.07) is 19.9. The number of imide groups is 2. The number of fused-ring (bicyclic) bond motifs is 5. The number of unbranched alkanes of at least 4 members (excludes halogenated alkanes) is 12. The maximum absolute atomic E-state index is 15.8. The molecule has 366 valence electrons. The van der Waals surface area contributed by atoms with Crippen LogP contribution in [0, 0.1) is 0 Å². The fourth-order valence-corrected chi connectivity index (χ4v) is 12.7. The lowest BCUT2D eigenvalue weighted by Gasteiger charge is -2.37. The summed E-state index contributed by atoms with van der Waals surface area (Å²) >= 11 is 0. The number of aromatic amines is 1. The lowest BCUT2D eigenvalue weighted by Crippen LogP contribution is -2.48. The van der Waals surface area contributed by atoms with E-state index in [9.17, 15) is 0 Å². The van der Waals surface area contributed by atoms with Gasteiger partial charge in [0.05, 0.1) is 27.8 Å². The molecule has 3 aliphatic heterocycles. The molecule has 4 amide bonds. The molecule has 70 heavy (non-hydrogen) atoms. The predicted molar refractivity (Wildman–Crippen MR) is 288 cm³/mol. The van der Waals surface area contributed by atoms with Gasteiger partial charge in [-0.25, -0.2) is 4.98 Å². The second-order valence-corrected chi connectivity index (χ2v) is 20.9. The van der Waals surface area contributed by atoms with Crippen molar-refractivity contribution in [2.24, 2.45) is 0 Å². The van der Waals surface area contributed by atoms with E-state index in [0.717, 1.165) is 198 Å². The zero-order valence-corrected chi connectivity index (χ0v) is 42.3. The standard InChI is InChI=1S/C61H73N5O4/c1-5-9-13-20-28-40(29-21-14-10-6-2)65-58(67)44-34-32-42-46-38-47(64-36-24-25-37-64)52-53-50(46)51(43-33-35-45(59(65)68)49(44)48(42)43)55-56(63-57(62-55)39-26-18-17-19-27-39)54(53)61(70)66(60(52)69)41(30-22-15-11-7-3)31-23-16-12-8-4/h17-19,26-27,32-35,38,40-41H,5-16,20-25,28-31,36-37H2,1-4H3,(H,62,63). The number of imidazole rings is 1. The van der Waals surface area contributed by atoms with Gasteiger partial charge in [-0.1, -0.05) is 173 Å². The number of carbonyl (C=O) groups excluding carboxylic acids is 4. The fraction of sp³-hybridized carbons (Fsp3) is 0.492. The number of H-pyrrole nitrogens is 1. The van der Waals surface area contributed by atoms with Crippen molar-refractivity contribution in [3.63, 3.8) is 0 Å². The zero-order chi connectivity index (χ0) is 48.5. The molecule has 10 rings (SSSR count). The van der Waals surface area contributed by atoms with Crippen molar-refractivity contribution >= 4 is 83.4 Å². The van der Waals surface area contributed by atoms with Crippen LogP contribution in [0.5, 0.6) is 0 Å². The first-order chi connectivity index (χ1) is 34.3. The highest BCUT2D eigenvalue weighted by molar-refractivity contribution is 6.46. The summed E-state index contributed by atoms with van der Waals surface area (Å²) in [4.78, 5) is 76.6. The molecule has 1 N–H and O–H groups in total. The number of rotatable bonds is 24. The first-order valence-electron chi connectivity index (χ1n) is 27.6. The van der Waals surface area contributed by atoms with Gasteiger partial charge >= 0.3 is 0 Å². The van der Waals surface area contributed by atoms with Crippen molar-refractivity contribution in [2.45, 2.75) is 181 Å². The summed E-state index contributed by atoms with van der Waals surface area (Å²) in [5.74, 6) is -0.216. The molecule has 9 heteroatoms. The van der Waals surface area contributed by atoms with E-state index in [1.54, 1.807) is 9.80 Å². The van der Waals surface area contributed by atoms with E-state index in [2.05, 4.69) is 55.8 Å². The highest BCUT2D eigenvalue weighted by atomic mass is 16.2. The van der Waals surface area contributed by atoms with Crippen LogP contribution in [0.3, 0.4) is 0 Å². The third-order valence-corrected chi connectivity index (χ3v) is 16.3. The number of hydrogen-bond acceptors (Lipinski definition) is 6. The first kappa shape index (κ1) is 47.8. The third-order valence-electron chi connectivity index (χ3n) is 16.3. The number of anilines is 1. The van der Waals surface area contributed by atoms with Gasteiger partial charge < -0.3 is 9.88 Å². The number of aromatic nitrogens is 2. The molecule has 1 saturated heterocycles. The maximum Gasteiger partial charge on any atom is 0.263 e. The van der Waals surface area contributed by atoms with Crippen molar-refractivity contribution in [3.8, 4) is 11.4 Å². The summed E-state index contributed by atoms with van der Waals surface area (Å²) in [6.45, 7) is 10.5. The van der Waals surface area contributed by atoms with Crippen LogP contribution >= 0.6 is 0 Å². The van der Waals surface area contributed by atoms with Crippen molar-refractivity contribution in [1.82, 2.24) is 19.8 Å². The average Bonchev–Trinajstić information content (AvgIpc) is 4.09. The van der Waals surface area contributed by atoms with Gasteiger partial charge in [-0.2, -0.15) is 0 Å². The van der Waals surface area contributed by atoms with Crippen LogP contribution in [0.4, 0.5) is 5.69 Å². The van der Waals surface area contributed by atoms with Crippen LogP contribution in [-0.2, 0) is 0 Å².